The first-order chi connectivity index (χ1) is 12.4. The number of nitrogens with zero attached hydrogens (tertiary/aromatic N) is 1. The van der Waals surface area contributed by atoms with E-state index in [4.69, 9.17) is 4.74 Å². The third-order valence-corrected chi connectivity index (χ3v) is 5.69. The first-order valence-corrected chi connectivity index (χ1v) is 9.28. The van der Waals surface area contributed by atoms with Crippen molar-refractivity contribution in [3.63, 3.8) is 0 Å². The average molecular weight is 401 g/mol. The van der Waals surface area contributed by atoms with Gasteiger partial charge in [0.25, 0.3) is 0 Å². The number of alkyl halides is 3. The first kappa shape index (κ1) is 20.9. The summed E-state index contributed by atoms with van der Waals surface area (Å²) in [6.07, 6.45) is -5.71. The maximum absolute atomic E-state index is 13.1. The molecular weight excluding hydrogens is 383 g/mol. The molecule has 0 radical (unpaired) electrons. The quantitative estimate of drug-likeness (QED) is 0.714. The smallest absolute Gasteiger partial charge is 0.416 e. The molecule has 0 aliphatic heterocycles. The predicted octanol–water partition coefficient (Wildman–Crippen LogP) is 3.87. The van der Waals surface area contributed by atoms with Gasteiger partial charge in [0.05, 0.1) is 16.0 Å². The molecule has 0 amide bonds. The molecule has 0 unspecified atom stereocenters. The Bertz CT molecular complexity index is 922. The molecule has 0 aliphatic rings. The van der Waals surface area contributed by atoms with Gasteiger partial charge in [0.1, 0.15) is 6.10 Å². The van der Waals surface area contributed by atoms with Gasteiger partial charge < -0.3 is 4.74 Å². The fourth-order valence-corrected chi connectivity index (χ4v) is 3.28. The molecule has 0 saturated heterocycles. The second kappa shape index (κ2) is 7.69. The number of halogens is 3. The van der Waals surface area contributed by atoms with Crippen LogP contribution in [-0.2, 0) is 20.9 Å². The van der Waals surface area contributed by atoms with Gasteiger partial charge in [-0.15, -0.1) is 0 Å². The zero-order chi connectivity index (χ0) is 20.4. The van der Waals surface area contributed by atoms with E-state index >= 15 is 0 Å². The van der Waals surface area contributed by atoms with Gasteiger partial charge in [-0.3, -0.25) is 0 Å². The van der Waals surface area contributed by atoms with Crippen LogP contribution in [0.3, 0.4) is 0 Å². The van der Waals surface area contributed by atoms with E-state index in [0.717, 1.165) is 10.4 Å². The Morgan fingerprint density at radius 1 is 1.04 bits per heavy atom. The van der Waals surface area contributed by atoms with E-state index in [-0.39, 0.29) is 16.0 Å². The van der Waals surface area contributed by atoms with Crippen LogP contribution in [0.2, 0.25) is 0 Å². The van der Waals surface area contributed by atoms with Crippen molar-refractivity contribution in [2.75, 3.05) is 14.1 Å². The minimum absolute atomic E-state index is 0.0143. The second-order valence-electron chi connectivity index (χ2n) is 5.94. The molecule has 2 rings (SSSR count). The lowest BCUT2D eigenvalue weighted by Crippen LogP contribution is -2.22. The molecule has 27 heavy (non-hydrogen) atoms. The summed E-state index contributed by atoms with van der Waals surface area (Å²) >= 11 is 0. The largest absolute Gasteiger partial charge is 0.454 e. The SMILES string of the molecule is C[C@H](OC(=O)c1ccc(S(=O)(=O)N(C)C)cc1)c1ccccc1C(F)(F)F. The van der Waals surface area contributed by atoms with Crippen LogP contribution in [-0.4, -0.2) is 32.8 Å². The molecule has 0 spiro atoms. The number of benzene rings is 2. The van der Waals surface area contributed by atoms with Gasteiger partial charge in [-0.2, -0.15) is 13.2 Å². The summed E-state index contributed by atoms with van der Waals surface area (Å²) in [7, 11) is -0.907. The molecule has 0 heterocycles. The fraction of sp³-hybridized carbons (Fsp3) is 0.278. The van der Waals surface area contributed by atoms with Gasteiger partial charge in [-0.25, -0.2) is 17.5 Å². The molecular formula is C18H18F3NO4S. The molecule has 9 heteroatoms. The maximum atomic E-state index is 13.1. The van der Waals surface area contributed by atoms with Gasteiger partial charge in [-0.05, 0) is 37.3 Å². The van der Waals surface area contributed by atoms with Gasteiger partial charge in [0, 0.05) is 19.7 Å². The number of hydrogen-bond donors (Lipinski definition) is 0. The van der Waals surface area contributed by atoms with E-state index in [2.05, 4.69) is 0 Å². The Morgan fingerprint density at radius 2 is 1.59 bits per heavy atom. The number of sulfonamides is 1. The van der Waals surface area contributed by atoms with Crippen molar-refractivity contribution in [1.29, 1.82) is 0 Å². The van der Waals surface area contributed by atoms with Crippen LogP contribution in [0.5, 0.6) is 0 Å². The number of ether oxygens (including phenoxy) is 1. The van der Waals surface area contributed by atoms with E-state index in [9.17, 15) is 26.4 Å². The highest BCUT2D eigenvalue weighted by Crippen LogP contribution is 2.35. The van der Waals surface area contributed by atoms with Crippen LogP contribution in [0.1, 0.15) is 34.5 Å². The van der Waals surface area contributed by atoms with Crippen molar-refractivity contribution in [3.05, 3.63) is 65.2 Å². The zero-order valence-electron chi connectivity index (χ0n) is 14.8. The van der Waals surface area contributed by atoms with Crippen molar-refractivity contribution in [1.82, 2.24) is 4.31 Å². The van der Waals surface area contributed by atoms with Gasteiger partial charge in [0.2, 0.25) is 10.0 Å². The van der Waals surface area contributed by atoms with E-state index in [1.165, 1.54) is 63.5 Å². The van der Waals surface area contributed by atoms with Crippen LogP contribution in [0, 0.1) is 0 Å². The summed E-state index contributed by atoms with van der Waals surface area (Å²) in [6, 6.07) is 9.82. The van der Waals surface area contributed by atoms with E-state index < -0.39 is 33.8 Å². The highest BCUT2D eigenvalue weighted by molar-refractivity contribution is 7.89. The predicted molar refractivity (Wildman–Crippen MR) is 92.6 cm³/mol. The standard InChI is InChI=1S/C18H18F3NO4S/c1-12(15-6-4-5-7-16(15)18(19,20)21)26-17(23)13-8-10-14(11-9-13)27(24,25)22(2)3/h4-12H,1-3H3/t12-/m0/s1. The van der Waals surface area contributed by atoms with Crippen LogP contribution < -0.4 is 0 Å². The Hall–Kier alpha value is -2.39. The Balaban J connectivity index is 2.21. The molecule has 0 bridgehead atoms. The molecule has 1 atom stereocenters. The number of rotatable bonds is 5. The van der Waals surface area contributed by atoms with E-state index in [1.807, 2.05) is 0 Å². The number of carbonyl (C=O) groups excluding carboxylic acids is 1. The van der Waals surface area contributed by atoms with Crippen LogP contribution in [0.4, 0.5) is 13.2 Å². The van der Waals surface area contributed by atoms with Gasteiger partial charge in [-0.1, -0.05) is 18.2 Å². The highest BCUT2D eigenvalue weighted by atomic mass is 32.2. The molecule has 0 saturated carbocycles. The Kier molecular flexibility index (Phi) is 5.96. The van der Waals surface area contributed by atoms with Crippen molar-refractivity contribution < 1.29 is 31.1 Å². The summed E-state index contributed by atoms with van der Waals surface area (Å²) in [6.45, 7) is 1.34. The van der Waals surface area contributed by atoms with Crippen LogP contribution in [0.15, 0.2) is 53.4 Å². The summed E-state index contributed by atoms with van der Waals surface area (Å²) in [5.41, 5.74) is -1.01. The maximum Gasteiger partial charge on any atom is 0.416 e. The minimum Gasteiger partial charge on any atom is -0.454 e. The molecule has 0 N–H and O–H groups in total. The number of esters is 1. The van der Waals surface area contributed by atoms with Crippen molar-refractivity contribution >= 4 is 16.0 Å². The Labute approximate surface area is 155 Å². The van der Waals surface area contributed by atoms with E-state index in [0.29, 0.717) is 0 Å². The third-order valence-electron chi connectivity index (χ3n) is 3.86. The Morgan fingerprint density at radius 3 is 2.11 bits per heavy atom. The molecule has 2 aromatic carbocycles. The van der Waals surface area contributed by atoms with Crippen LogP contribution in [0.25, 0.3) is 0 Å². The lowest BCUT2D eigenvalue weighted by molar-refractivity contribution is -0.139. The number of carbonyl (C=O) groups is 1. The normalized spacial score (nSPS) is 13.4. The minimum atomic E-state index is -4.57. The van der Waals surface area contributed by atoms with E-state index in [1.54, 1.807) is 0 Å². The van der Waals surface area contributed by atoms with Crippen molar-refractivity contribution in [3.8, 4) is 0 Å². The molecule has 0 aromatic heterocycles. The fourth-order valence-electron chi connectivity index (χ4n) is 2.38. The topological polar surface area (TPSA) is 63.7 Å². The average Bonchev–Trinajstić information content (AvgIpc) is 2.60. The molecule has 2 aromatic rings. The molecule has 146 valence electrons. The summed E-state index contributed by atoms with van der Waals surface area (Å²) < 4.78 is 69.4. The van der Waals surface area contributed by atoms with Gasteiger partial charge in [0.15, 0.2) is 0 Å². The molecule has 0 aliphatic carbocycles. The summed E-state index contributed by atoms with van der Waals surface area (Å²) in [4.78, 5) is 12.2. The molecule has 5 nitrogen and oxygen atoms in total. The highest BCUT2D eigenvalue weighted by Gasteiger charge is 2.35. The van der Waals surface area contributed by atoms with Crippen molar-refractivity contribution in [2.24, 2.45) is 0 Å². The number of hydrogen-bond acceptors (Lipinski definition) is 4. The summed E-state index contributed by atoms with van der Waals surface area (Å²) in [5, 5.41) is 0. The third kappa shape index (κ3) is 4.67. The molecule has 0 fully saturated rings. The van der Waals surface area contributed by atoms with Crippen LogP contribution >= 0.6 is 0 Å². The second-order valence-corrected chi connectivity index (χ2v) is 8.10. The lowest BCUT2D eigenvalue weighted by atomic mass is 10.0. The van der Waals surface area contributed by atoms with Gasteiger partial charge >= 0.3 is 12.1 Å². The lowest BCUT2D eigenvalue weighted by Gasteiger charge is -2.19. The zero-order valence-corrected chi connectivity index (χ0v) is 15.6. The first-order valence-electron chi connectivity index (χ1n) is 7.84. The summed E-state index contributed by atoms with van der Waals surface area (Å²) in [5.74, 6) is -0.853. The van der Waals surface area contributed by atoms with Crippen molar-refractivity contribution in [2.45, 2.75) is 24.1 Å². The monoisotopic (exact) mass is 401 g/mol.